The molecule has 2 aromatic rings. The van der Waals surface area contributed by atoms with Crippen LogP contribution in [0.15, 0.2) is 18.2 Å². The Balaban J connectivity index is 2.21. The van der Waals surface area contributed by atoms with E-state index in [1.54, 1.807) is 6.07 Å². The summed E-state index contributed by atoms with van der Waals surface area (Å²) in [5.74, 6) is 1.19. The molecule has 2 atom stereocenters. The number of anilines is 1. The van der Waals surface area contributed by atoms with Crippen LogP contribution in [0, 0.1) is 17.2 Å². The zero-order valence-corrected chi connectivity index (χ0v) is 10.4. The molecule has 1 fully saturated rings. The first-order chi connectivity index (χ1) is 8.70. The molecule has 4 nitrogen and oxygen atoms in total. The lowest BCUT2D eigenvalue weighted by Crippen LogP contribution is -2.14. The Labute approximate surface area is 106 Å². The molecule has 0 spiro atoms. The maximum Gasteiger partial charge on any atom is 0.201 e. The quantitative estimate of drug-likeness (QED) is 0.833. The van der Waals surface area contributed by atoms with Crippen molar-refractivity contribution >= 4 is 17.0 Å². The van der Waals surface area contributed by atoms with E-state index in [1.807, 2.05) is 12.1 Å². The normalized spacial score (nSPS) is 23.3. The summed E-state index contributed by atoms with van der Waals surface area (Å²) in [7, 11) is 0. The SMILES string of the molecule is CC1CCCC1n1c(N)nc2ccc(C#N)cc21. The molecule has 1 aromatic carbocycles. The van der Waals surface area contributed by atoms with E-state index in [0.29, 0.717) is 23.5 Å². The molecule has 1 heterocycles. The van der Waals surface area contributed by atoms with E-state index in [1.165, 1.54) is 12.8 Å². The molecule has 1 aliphatic carbocycles. The van der Waals surface area contributed by atoms with Crippen molar-refractivity contribution in [3.05, 3.63) is 23.8 Å². The maximum absolute atomic E-state index is 9.00. The van der Waals surface area contributed by atoms with E-state index >= 15 is 0 Å². The summed E-state index contributed by atoms with van der Waals surface area (Å²) < 4.78 is 2.12. The second-order valence-corrected chi connectivity index (χ2v) is 5.13. The number of imidazole rings is 1. The van der Waals surface area contributed by atoms with Crippen molar-refractivity contribution < 1.29 is 0 Å². The summed E-state index contributed by atoms with van der Waals surface area (Å²) in [6.07, 6.45) is 3.62. The van der Waals surface area contributed by atoms with Gasteiger partial charge >= 0.3 is 0 Å². The molecular weight excluding hydrogens is 224 g/mol. The van der Waals surface area contributed by atoms with Gasteiger partial charge in [-0.05, 0) is 37.0 Å². The van der Waals surface area contributed by atoms with E-state index < -0.39 is 0 Å². The number of nitrogens with two attached hydrogens (primary N) is 1. The third kappa shape index (κ3) is 1.55. The number of fused-ring (bicyclic) bond motifs is 1. The Morgan fingerprint density at radius 2 is 2.28 bits per heavy atom. The molecule has 4 heteroatoms. The minimum absolute atomic E-state index is 0.420. The predicted octanol–water partition coefficient (Wildman–Crippen LogP) is 2.85. The van der Waals surface area contributed by atoms with Gasteiger partial charge in [0.1, 0.15) is 0 Å². The van der Waals surface area contributed by atoms with Crippen LogP contribution in [0.5, 0.6) is 0 Å². The van der Waals surface area contributed by atoms with Gasteiger partial charge in [0.2, 0.25) is 5.95 Å². The van der Waals surface area contributed by atoms with Gasteiger partial charge in [-0.3, -0.25) is 0 Å². The first-order valence-electron chi connectivity index (χ1n) is 6.38. The van der Waals surface area contributed by atoms with Gasteiger partial charge in [-0.15, -0.1) is 0 Å². The molecule has 1 aliphatic rings. The second kappa shape index (κ2) is 4.02. The van der Waals surface area contributed by atoms with Crippen molar-refractivity contribution in [2.24, 2.45) is 5.92 Å². The van der Waals surface area contributed by atoms with E-state index in [0.717, 1.165) is 17.5 Å². The Kier molecular flexibility index (Phi) is 2.48. The molecule has 92 valence electrons. The van der Waals surface area contributed by atoms with Crippen LogP contribution in [0.25, 0.3) is 11.0 Å². The maximum atomic E-state index is 9.00. The molecule has 0 saturated heterocycles. The van der Waals surface area contributed by atoms with E-state index in [2.05, 4.69) is 22.5 Å². The number of nitrogens with zero attached hydrogens (tertiary/aromatic N) is 3. The number of hydrogen-bond acceptors (Lipinski definition) is 3. The number of nitrogen functional groups attached to an aromatic ring is 1. The van der Waals surface area contributed by atoms with Crippen molar-refractivity contribution in [1.82, 2.24) is 9.55 Å². The Morgan fingerprint density at radius 3 is 2.94 bits per heavy atom. The molecule has 1 saturated carbocycles. The van der Waals surface area contributed by atoms with Gasteiger partial charge in [0.15, 0.2) is 0 Å². The zero-order valence-electron chi connectivity index (χ0n) is 10.4. The minimum Gasteiger partial charge on any atom is -0.369 e. The molecule has 2 N–H and O–H groups in total. The van der Waals surface area contributed by atoms with Gasteiger partial charge in [0, 0.05) is 6.04 Å². The van der Waals surface area contributed by atoms with Gasteiger partial charge < -0.3 is 10.3 Å². The lowest BCUT2D eigenvalue weighted by molar-refractivity contribution is 0.421. The van der Waals surface area contributed by atoms with Gasteiger partial charge in [0.25, 0.3) is 0 Å². The number of aromatic nitrogens is 2. The van der Waals surface area contributed by atoms with Crippen LogP contribution in [-0.4, -0.2) is 9.55 Å². The highest BCUT2D eigenvalue weighted by atomic mass is 15.2. The lowest BCUT2D eigenvalue weighted by Gasteiger charge is -2.19. The largest absolute Gasteiger partial charge is 0.369 e. The van der Waals surface area contributed by atoms with Crippen LogP contribution in [0.3, 0.4) is 0 Å². The van der Waals surface area contributed by atoms with Crippen LogP contribution in [0.2, 0.25) is 0 Å². The highest BCUT2D eigenvalue weighted by Gasteiger charge is 2.27. The van der Waals surface area contributed by atoms with Crippen LogP contribution in [-0.2, 0) is 0 Å². The van der Waals surface area contributed by atoms with Crippen molar-refractivity contribution in [3.8, 4) is 6.07 Å². The second-order valence-electron chi connectivity index (χ2n) is 5.13. The van der Waals surface area contributed by atoms with Crippen LogP contribution < -0.4 is 5.73 Å². The molecule has 1 aromatic heterocycles. The van der Waals surface area contributed by atoms with Gasteiger partial charge in [-0.1, -0.05) is 13.3 Å². The fraction of sp³-hybridized carbons (Fsp3) is 0.429. The Morgan fingerprint density at radius 1 is 1.44 bits per heavy atom. The summed E-state index contributed by atoms with van der Waals surface area (Å²) >= 11 is 0. The van der Waals surface area contributed by atoms with Crippen molar-refractivity contribution in [2.75, 3.05) is 5.73 Å². The summed E-state index contributed by atoms with van der Waals surface area (Å²) in [6, 6.07) is 8.15. The summed E-state index contributed by atoms with van der Waals surface area (Å²) in [5.41, 5.74) is 8.59. The summed E-state index contributed by atoms with van der Waals surface area (Å²) in [4.78, 5) is 4.40. The highest BCUT2D eigenvalue weighted by molar-refractivity contribution is 5.80. The van der Waals surface area contributed by atoms with E-state index in [4.69, 9.17) is 11.0 Å². The monoisotopic (exact) mass is 240 g/mol. The first-order valence-corrected chi connectivity index (χ1v) is 6.38. The number of nitriles is 1. The molecular formula is C14H16N4. The Hall–Kier alpha value is -2.02. The molecule has 0 amide bonds. The molecule has 0 aliphatic heterocycles. The lowest BCUT2D eigenvalue weighted by atomic mass is 10.1. The van der Waals surface area contributed by atoms with Gasteiger partial charge in [0.05, 0.1) is 22.7 Å². The van der Waals surface area contributed by atoms with Gasteiger partial charge in [-0.25, -0.2) is 4.98 Å². The smallest absolute Gasteiger partial charge is 0.201 e. The number of rotatable bonds is 1. The Bertz CT molecular complexity index is 635. The number of benzene rings is 1. The molecule has 2 unspecified atom stereocenters. The fourth-order valence-corrected chi connectivity index (χ4v) is 3.04. The topological polar surface area (TPSA) is 67.6 Å². The van der Waals surface area contributed by atoms with Crippen LogP contribution in [0.4, 0.5) is 5.95 Å². The van der Waals surface area contributed by atoms with Crippen molar-refractivity contribution in [3.63, 3.8) is 0 Å². The molecule has 0 bridgehead atoms. The third-order valence-corrected chi connectivity index (χ3v) is 3.99. The average molecular weight is 240 g/mol. The number of hydrogen-bond donors (Lipinski definition) is 1. The summed E-state index contributed by atoms with van der Waals surface area (Å²) in [5, 5.41) is 9.00. The van der Waals surface area contributed by atoms with E-state index in [9.17, 15) is 0 Å². The van der Waals surface area contributed by atoms with Gasteiger partial charge in [-0.2, -0.15) is 5.26 Å². The average Bonchev–Trinajstić information content (AvgIpc) is 2.90. The third-order valence-electron chi connectivity index (χ3n) is 3.99. The van der Waals surface area contributed by atoms with E-state index in [-0.39, 0.29) is 0 Å². The minimum atomic E-state index is 0.420. The molecule has 0 radical (unpaired) electrons. The van der Waals surface area contributed by atoms with Crippen LogP contribution in [0.1, 0.15) is 37.8 Å². The highest BCUT2D eigenvalue weighted by Crippen LogP contribution is 2.38. The van der Waals surface area contributed by atoms with Crippen molar-refractivity contribution in [2.45, 2.75) is 32.2 Å². The predicted molar refractivity (Wildman–Crippen MR) is 70.9 cm³/mol. The molecule has 18 heavy (non-hydrogen) atoms. The summed E-state index contributed by atoms with van der Waals surface area (Å²) in [6.45, 7) is 2.26. The molecule has 3 rings (SSSR count). The first kappa shape index (κ1) is 11.1. The van der Waals surface area contributed by atoms with Crippen LogP contribution >= 0.6 is 0 Å². The zero-order chi connectivity index (χ0) is 12.7. The van der Waals surface area contributed by atoms with Crippen molar-refractivity contribution in [1.29, 1.82) is 5.26 Å². The standard InChI is InChI=1S/C14H16N4/c1-9-3-2-4-12(9)18-13-7-10(8-15)5-6-11(13)17-14(18)16/h5-7,9,12H,2-4H2,1H3,(H2,16,17). The fourth-order valence-electron chi connectivity index (χ4n) is 3.04.